The third kappa shape index (κ3) is 3.44. The van der Waals surface area contributed by atoms with E-state index in [9.17, 15) is 4.79 Å². The highest BCUT2D eigenvalue weighted by Crippen LogP contribution is 2.29. The highest BCUT2D eigenvalue weighted by atomic mass is 32.1. The zero-order chi connectivity index (χ0) is 17.2. The van der Waals surface area contributed by atoms with Gasteiger partial charge in [0.2, 0.25) is 0 Å². The Balaban J connectivity index is 1.38. The third-order valence-corrected chi connectivity index (χ3v) is 5.22. The number of thiazole rings is 1. The largest absolute Gasteiger partial charge is 0.497 e. The number of rotatable bonds is 5. The Bertz CT molecular complexity index is 936. The van der Waals surface area contributed by atoms with Gasteiger partial charge in [-0.1, -0.05) is 17.4 Å². The number of anilines is 1. The van der Waals surface area contributed by atoms with Gasteiger partial charge >= 0.3 is 0 Å². The second-order valence-electron chi connectivity index (χ2n) is 5.97. The number of methoxy groups -OCH3 is 1. The highest BCUT2D eigenvalue weighted by Gasteiger charge is 2.13. The van der Waals surface area contributed by atoms with Gasteiger partial charge in [0.05, 0.1) is 17.3 Å². The Morgan fingerprint density at radius 3 is 2.88 bits per heavy atom. The number of aromatic nitrogens is 1. The molecule has 2 aromatic carbocycles. The van der Waals surface area contributed by atoms with Gasteiger partial charge < -0.3 is 9.47 Å². The van der Waals surface area contributed by atoms with E-state index in [1.165, 1.54) is 28.9 Å². The quantitative estimate of drug-likeness (QED) is 0.757. The zero-order valence-corrected chi connectivity index (χ0v) is 14.7. The molecule has 0 saturated carbocycles. The van der Waals surface area contributed by atoms with Crippen molar-refractivity contribution in [2.24, 2.45) is 0 Å². The van der Waals surface area contributed by atoms with Crippen molar-refractivity contribution in [1.29, 1.82) is 0 Å². The summed E-state index contributed by atoms with van der Waals surface area (Å²) in [6.07, 6.45) is 3.42. The fraction of sp³-hybridized carbons (Fsp3) is 0.263. The first-order valence-corrected chi connectivity index (χ1v) is 9.02. The van der Waals surface area contributed by atoms with Crippen LogP contribution in [-0.2, 0) is 17.6 Å². The molecule has 0 unspecified atom stereocenters. The summed E-state index contributed by atoms with van der Waals surface area (Å²) in [5.74, 6) is 1.30. The van der Waals surface area contributed by atoms with Crippen molar-refractivity contribution in [3.63, 3.8) is 0 Å². The van der Waals surface area contributed by atoms with Crippen molar-refractivity contribution in [1.82, 2.24) is 4.98 Å². The molecule has 0 aliphatic heterocycles. The number of hydrogen-bond donors (Lipinski definition) is 1. The van der Waals surface area contributed by atoms with Crippen LogP contribution in [0.1, 0.15) is 17.5 Å². The molecule has 0 atom stereocenters. The van der Waals surface area contributed by atoms with Gasteiger partial charge in [0.1, 0.15) is 11.5 Å². The molecule has 3 aromatic rings. The van der Waals surface area contributed by atoms with E-state index < -0.39 is 0 Å². The van der Waals surface area contributed by atoms with Crippen LogP contribution in [0, 0.1) is 0 Å². The van der Waals surface area contributed by atoms with Crippen LogP contribution >= 0.6 is 11.3 Å². The van der Waals surface area contributed by atoms with E-state index >= 15 is 0 Å². The molecular formula is C19H18N2O3S. The molecule has 1 aliphatic carbocycles. The summed E-state index contributed by atoms with van der Waals surface area (Å²) in [5.41, 5.74) is 3.56. The number of hydrogen-bond acceptors (Lipinski definition) is 5. The Morgan fingerprint density at radius 2 is 2.00 bits per heavy atom. The lowest BCUT2D eigenvalue weighted by Gasteiger charge is -2.07. The average Bonchev–Trinajstić information content (AvgIpc) is 3.24. The van der Waals surface area contributed by atoms with Gasteiger partial charge in [0.15, 0.2) is 11.7 Å². The maximum atomic E-state index is 12.1. The maximum absolute atomic E-state index is 12.1. The molecule has 1 amide bonds. The predicted octanol–water partition coefficient (Wildman–Crippen LogP) is 3.81. The monoisotopic (exact) mass is 354 g/mol. The van der Waals surface area contributed by atoms with Crippen LogP contribution < -0.4 is 14.8 Å². The number of fused-ring (bicyclic) bond motifs is 2. The number of carbonyl (C=O) groups excluding carboxylic acids is 1. The second kappa shape index (κ2) is 6.72. The van der Waals surface area contributed by atoms with Crippen molar-refractivity contribution >= 4 is 32.6 Å². The van der Waals surface area contributed by atoms with E-state index in [1.807, 2.05) is 30.3 Å². The molecule has 0 spiro atoms. The summed E-state index contributed by atoms with van der Waals surface area (Å²) in [4.78, 5) is 16.5. The Morgan fingerprint density at radius 1 is 1.16 bits per heavy atom. The van der Waals surface area contributed by atoms with Crippen molar-refractivity contribution < 1.29 is 14.3 Å². The summed E-state index contributed by atoms with van der Waals surface area (Å²) in [6, 6.07) is 11.7. The number of ether oxygens (including phenoxy) is 2. The van der Waals surface area contributed by atoms with Gasteiger partial charge in [0, 0.05) is 0 Å². The smallest absolute Gasteiger partial charge is 0.264 e. The van der Waals surface area contributed by atoms with Crippen molar-refractivity contribution in [2.75, 3.05) is 19.0 Å². The van der Waals surface area contributed by atoms with Crippen LogP contribution in [0.15, 0.2) is 36.4 Å². The number of nitrogens with zero attached hydrogens (tertiary/aromatic N) is 1. The van der Waals surface area contributed by atoms with E-state index in [1.54, 1.807) is 7.11 Å². The minimum absolute atomic E-state index is 0.0297. The van der Waals surface area contributed by atoms with Crippen LogP contribution in [0.5, 0.6) is 11.5 Å². The molecule has 0 radical (unpaired) electrons. The summed E-state index contributed by atoms with van der Waals surface area (Å²) in [6.45, 7) is -0.0297. The first-order valence-electron chi connectivity index (χ1n) is 8.20. The van der Waals surface area contributed by atoms with Crippen LogP contribution in [-0.4, -0.2) is 24.6 Å². The van der Waals surface area contributed by atoms with Crippen LogP contribution in [0.4, 0.5) is 5.13 Å². The number of aryl methyl sites for hydroxylation is 2. The first kappa shape index (κ1) is 15.9. The zero-order valence-electron chi connectivity index (χ0n) is 13.9. The highest BCUT2D eigenvalue weighted by molar-refractivity contribution is 7.22. The van der Waals surface area contributed by atoms with Gasteiger partial charge in [0.25, 0.3) is 5.91 Å². The molecule has 1 N–H and O–H groups in total. The second-order valence-corrected chi connectivity index (χ2v) is 7.00. The van der Waals surface area contributed by atoms with E-state index in [2.05, 4.69) is 16.4 Å². The molecule has 1 aromatic heterocycles. The minimum Gasteiger partial charge on any atom is -0.497 e. The van der Waals surface area contributed by atoms with E-state index in [0.717, 1.165) is 34.6 Å². The average molecular weight is 354 g/mol. The summed E-state index contributed by atoms with van der Waals surface area (Å²) in [7, 11) is 1.63. The number of nitrogens with one attached hydrogen (secondary N) is 1. The van der Waals surface area contributed by atoms with Gasteiger partial charge in [-0.15, -0.1) is 0 Å². The SMILES string of the molecule is COc1ccc2nc(NC(=O)COc3ccc4c(c3)CCC4)sc2c1. The Labute approximate surface area is 149 Å². The Hall–Kier alpha value is -2.60. The van der Waals surface area contributed by atoms with Crippen LogP contribution in [0.3, 0.4) is 0 Å². The summed E-state index contributed by atoms with van der Waals surface area (Å²) in [5, 5.41) is 3.35. The van der Waals surface area contributed by atoms with E-state index in [0.29, 0.717) is 5.13 Å². The molecular weight excluding hydrogens is 336 g/mol. The number of amides is 1. The maximum Gasteiger partial charge on any atom is 0.264 e. The molecule has 0 bridgehead atoms. The first-order chi connectivity index (χ1) is 12.2. The van der Waals surface area contributed by atoms with Crippen LogP contribution in [0.2, 0.25) is 0 Å². The lowest BCUT2D eigenvalue weighted by Crippen LogP contribution is -2.20. The van der Waals surface area contributed by atoms with Gasteiger partial charge in [-0.3, -0.25) is 10.1 Å². The normalized spacial score (nSPS) is 12.8. The van der Waals surface area contributed by atoms with E-state index in [4.69, 9.17) is 9.47 Å². The van der Waals surface area contributed by atoms with Crippen molar-refractivity contribution in [3.05, 3.63) is 47.5 Å². The Kier molecular flexibility index (Phi) is 4.28. The summed E-state index contributed by atoms with van der Waals surface area (Å²) >= 11 is 1.41. The molecule has 4 rings (SSSR count). The third-order valence-electron chi connectivity index (χ3n) is 4.28. The predicted molar refractivity (Wildman–Crippen MR) is 98.8 cm³/mol. The molecule has 25 heavy (non-hydrogen) atoms. The number of benzene rings is 2. The number of carbonyl (C=O) groups is 1. The fourth-order valence-electron chi connectivity index (χ4n) is 3.03. The van der Waals surface area contributed by atoms with E-state index in [-0.39, 0.29) is 12.5 Å². The molecule has 1 heterocycles. The molecule has 0 saturated heterocycles. The molecule has 6 heteroatoms. The topological polar surface area (TPSA) is 60.5 Å². The lowest BCUT2D eigenvalue weighted by molar-refractivity contribution is -0.118. The minimum atomic E-state index is -0.216. The molecule has 1 aliphatic rings. The standard InChI is InChI=1S/C19H18N2O3S/c1-23-14-7-8-16-17(10-14)25-19(20-16)21-18(22)11-24-15-6-5-12-3-2-4-13(12)9-15/h5-10H,2-4,11H2,1H3,(H,20,21,22). The van der Waals surface area contributed by atoms with Crippen LogP contribution in [0.25, 0.3) is 10.2 Å². The van der Waals surface area contributed by atoms with Gasteiger partial charge in [-0.25, -0.2) is 4.98 Å². The lowest BCUT2D eigenvalue weighted by atomic mass is 10.1. The van der Waals surface area contributed by atoms with Gasteiger partial charge in [-0.2, -0.15) is 0 Å². The van der Waals surface area contributed by atoms with Crippen molar-refractivity contribution in [2.45, 2.75) is 19.3 Å². The summed E-state index contributed by atoms with van der Waals surface area (Å²) < 4.78 is 11.8. The fourth-order valence-corrected chi connectivity index (χ4v) is 3.94. The van der Waals surface area contributed by atoms with Crippen molar-refractivity contribution in [3.8, 4) is 11.5 Å². The molecule has 128 valence electrons. The molecule has 5 nitrogen and oxygen atoms in total. The molecule has 0 fully saturated rings. The van der Waals surface area contributed by atoms with Gasteiger partial charge in [-0.05, 0) is 60.7 Å².